The smallest absolute Gasteiger partial charge is 0.324 e. The quantitative estimate of drug-likeness (QED) is 0.856. The first-order chi connectivity index (χ1) is 9.38. The van der Waals surface area contributed by atoms with Crippen molar-refractivity contribution in [3.8, 4) is 5.95 Å². The fourth-order valence-corrected chi connectivity index (χ4v) is 1.34. The molecule has 0 atom stereocenters. The van der Waals surface area contributed by atoms with Crippen LogP contribution in [0.3, 0.4) is 0 Å². The zero-order valence-electron chi connectivity index (χ0n) is 9.64. The van der Waals surface area contributed by atoms with Crippen molar-refractivity contribution in [3.63, 3.8) is 0 Å². The molecule has 0 saturated heterocycles. The molecule has 0 bridgehead atoms. The Balaban J connectivity index is 2.17. The van der Waals surface area contributed by atoms with Gasteiger partial charge in [0, 0.05) is 12.4 Å². The Hall–Kier alpha value is -1.97. The first kappa shape index (κ1) is 14.4. The van der Waals surface area contributed by atoms with E-state index in [2.05, 4.69) is 19.9 Å². The van der Waals surface area contributed by atoms with Crippen LogP contribution in [0.1, 0.15) is 0 Å². The summed E-state index contributed by atoms with van der Waals surface area (Å²) < 4.78 is 50.9. The molecule has 0 amide bonds. The number of imidazole rings is 1. The normalized spacial score (nSPS) is 11.9. The number of anilines is 1. The van der Waals surface area contributed by atoms with E-state index in [9.17, 15) is 17.6 Å². The van der Waals surface area contributed by atoms with Crippen molar-refractivity contribution >= 4 is 17.5 Å². The molecule has 0 radical (unpaired) electrons. The Kier molecular flexibility index (Phi) is 4.02. The first-order valence-electron chi connectivity index (χ1n) is 5.18. The Labute approximate surface area is 114 Å². The van der Waals surface area contributed by atoms with Crippen molar-refractivity contribution in [3.05, 3.63) is 24.0 Å². The summed E-state index contributed by atoms with van der Waals surface area (Å²) >= 11 is 5.61. The lowest BCUT2D eigenvalue weighted by molar-refractivity contribution is -0.117. The second-order valence-electron chi connectivity index (χ2n) is 3.61. The number of hydrogen-bond acceptors (Lipinski definition) is 5. The summed E-state index contributed by atoms with van der Waals surface area (Å²) in [4.78, 5) is 14.8. The highest BCUT2D eigenvalue weighted by Gasteiger charge is 2.40. The number of aromatic nitrogens is 5. The molecule has 2 aromatic rings. The minimum Gasteiger partial charge on any atom is -0.348 e. The van der Waals surface area contributed by atoms with E-state index in [0.717, 1.165) is 0 Å². The molecule has 2 rings (SSSR count). The Morgan fingerprint density at radius 3 is 2.65 bits per heavy atom. The van der Waals surface area contributed by atoms with Crippen molar-refractivity contribution in [2.24, 2.45) is 0 Å². The van der Waals surface area contributed by atoms with Crippen LogP contribution in [0.25, 0.3) is 5.95 Å². The molecular weight excluding hydrogens is 304 g/mol. The summed E-state index contributed by atoms with van der Waals surface area (Å²) in [6.45, 7) is -1.33. The van der Waals surface area contributed by atoms with Crippen LogP contribution in [0.2, 0.25) is 5.28 Å². The maximum atomic E-state index is 12.8. The molecule has 0 unspecified atom stereocenters. The van der Waals surface area contributed by atoms with Crippen LogP contribution in [0, 0.1) is 0 Å². The number of nitrogens with one attached hydrogen (secondary N) is 1. The van der Waals surface area contributed by atoms with E-state index in [1.807, 2.05) is 5.32 Å². The largest absolute Gasteiger partial charge is 0.348 e. The van der Waals surface area contributed by atoms with Gasteiger partial charge in [-0.05, 0) is 11.6 Å². The second kappa shape index (κ2) is 5.57. The van der Waals surface area contributed by atoms with Gasteiger partial charge in [-0.25, -0.2) is 13.8 Å². The third kappa shape index (κ3) is 3.32. The molecule has 0 aliphatic carbocycles. The van der Waals surface area contributed by atoms with Gasteiger partial charge in [0.05, 0.1) is 6.54 Å². The fraction of sp³-hybridized carbons (Fsp3) is 0.333. The van der Waals surface area contributed by atoms with Gasteiger partial charge in [-0.3, -0.25) is 4.57 Å². The zero-order chi connectivity index (χ0) is 14.8. The van der Waals surface area contributed by atoms with Crippen molar-refractivity contribution in [2.45, 2.75) is 12.3 Å². The first-order valence-corrected chi connectivity index (χ1v) is 5.56. The molecule has 0 spiro atoms. The predicted octanol–water partition coefficient (Wildman–Crippen LogP) is 2.02. The van der Waals surface area contributed by atoms with E-state index in [4.69, 9.17) is 11.6 Å². The molecule has 0 saturated carbocycles. The van der Waals surface area contributed by atoms with Gasteiger partial charge < -0.3 is 5.32 Å². The molecule has 108 valence electrons. The van der Waals surface area contributed by atoms with Crippen LogP contribution in [0.15, 0.2) is 18.7 Å². The SMILES string of the molecule is FC(F)C(F)(F)CNc1nc(Cl)nc(-n2ccnc2)n1. The van der Waals surface area contributed by atoms with Gasteiger partial charge >= 0.3 is 12.3 Å². The summed E-state index contributed by atoms with van der Waals surface area (Å²) in [5, 5.41) is 1.73. The zero-order valence-corrected chi connectivity index (χ0v) is 10.4. The highest BCUT2D eigenvalue weighted by atomic mass is 35.5. The average molecular weight is 311 g/mol. The molecule has 0 aromatic carbocycles. The van der Waals surface area contributed by atoms with Crippen molar-refractivity contribution < 1.29 is 17.6 Å². The monoisotopic (exact) mass is 310 g/mol. The summed E-state index contributed by atoms with van der Waals surface area (Å²) in [6, 6.07) is 0. The maximum absolute atomic E-state index is 12.8. The predicted molar refractivity (Wildman–Crippen MR) is 61.4 cm³/mol. The van der Waals surface area contributed by atoms with Crippen LogP contribution in [0.4, 0.5) is 23.5 Å². The lowest BCUT2D eigenvalue weighted by Gasteiger charge is -2.15. The average Bonchev–Trinajstić information content (AvgIpc) is 2.89. The summed E-state index contributed by atoms with van der Waals surface area (Å²) in [6.07, 6.45) is 0.489. The van der Waals surface area contributed by atoms with Gasteiger partial charge in [-0.15, -0.1) is 0 Å². The van der Waals surface area contributed by atoms with Gasteiger partial charge in [0.15, 0.2) is 0 Å². The maximum Gasteiger partial charge on any atom is 0.324 e. The van der Waals surface area contributed by atoms with Gasteiger partial charge in [-0.2, -0.15) is 23.7 Å². The third-order valence-corrected chi connectivity index (χ3v) is 2.30. The minimum absolute atomic E-state index is 0.0189. The van der Waals surface area contributed by atoms with Crippen LogP contribution < -0.4 is 5.32 Å². The number of hydrogen-bond donors (Lipinski definition) is 1. The van der Waals surface area contributed by atoms with Crippen LogP contribution in [-0.4, -0.2) is 43.4 Å². The number of nitrogens with zero attached hydrogens (tertiary/aromatic N) is 5. The van der Waals surface area contributed by atoms with E-state index in [-0.39, 0.29) is 17.2 Å². The lowest BCUT2D eigenvalue weighted by atomic mass is 10.3. The highest BCUT2D eigenvalue weighted by Crippen LogP contribution is 2.23. The molecule has 2 heterocycles. The second-order valence-corrected chi connectivity index (χ2v) is 3.95. The number of alkyl halides is 4. The van der Waals surface area contributed by atoms with Crippen LogP contribution in [0.5, 0.6) is 0 Å². The van der Waals surface area contributed by atoms with Crippen LogP contribution in [-0.2, 0) is 0 Å². The molecule has 20 heavy (non-hydrogen) atoms. The highest BCUT2D eigenvalue weighted by molar-refractivity contribution is 6.28. The van der Waals surface area contributed by atoms with Crippen molar-refractivity contribution in [1.82, 2.24) is 24.5 Å². The number of rotatable bonds is 5. The topological polar surface area (TPSA) is 68.5 Å². The standard InChI is InChI=1S/C9H7ClF4N6/c10-6-17-7(16-3-9(13,14)5(11)12)19-8(18-6)20-2-1-15-4-20/h1-2,4-5H,3H2,(H,16,17,18,19). The van der Waals surface area contributed by atoms with E-state index < -0.39 is 18.9 Å². The van der Waals surface area contributed by atoms with E-state index in [1.165, 1.54) is 23.3 Å². The number of halogens is 5. The third-order valence-electron chi connectivity index (χ3n) is 2.13. The molecule has 2 aromatic heterocycles. The molecule has 0 aliphatic rings. The molecule has 11 heteroatoms. The minimum atomic E-state index is -4.20. The summed E-state index contributed by atoms with van der Waals surface area (Å²) in [7, 11) is 0. The van der Waals surface area contributed by atoms with E-state index >= 15 is 0 Å². The fourth-order valence-electron chi connectivity index (χ4n) is 1.19. The summed E-state index contributed by atoms with van der Waals surface area (Å²) in [5.74, 6) is -4.52. The molecular formula is C9H7ClF4N6. The molecule has 1 N–H and O–H groups in total. The van der Waals surface area contributed by atoms with Gasteiger partial charge in [0.25, 0.3) is 0 Å². The van der Waals surface area contributed by atoms with E-state index in [1.54, 1.807) is 0 Å². The van der Waals surface area contributed by atoms with Gasteiger partial charge in [0.2, 0.25) is 17.2 Å². The molecule has 0 aliphatic heterocycles. The molecule has 0 fully saturated rings. The Morgan fingerprint density at radius 2 is 2.05 bits per heavy atom. The van der Waals surface area contributed by atoms with Crippen molar-refractivity contribution in [1.29, 1.82) is 0 Å². The molecule has 6 nitrogen and oxygen atoms in total. The van der Waals surface area contributed by atoms with Gasteiger partial charge in [0.1, 0.15) is 6.33 Å². The van der Waals surface area contributed by atoms with Crippen LogP contribution >= 0.6 is 11.6 Å². The van der Waals surface area contributed by atoms with Crippen molar-refractivity contribution in [2.75, 3.05) is 11.9 Å². The lowest BCUT2D eigenvalue weighted by Crippen LogP contribution is -2.35. The Morgan fingerprint density at radius 1 is 1.30 bits per heavy atom. The van der Waals surface area contributed by atoms with Gasteiger partial charge in [-0.1, -0.05) is 0 Å². The summed E-state index contributed by atoms with van der Waals surface area (Å²) in [5.41, 5.74) is 0. The van der Waals surface area contributed by atoms with E-state index in [0.29, 0.717) is 0 Å². The Bertz CT molecular complexity index is 576.